The first-order valence-electron chi connectivity index (χ1n) is 9.41. The summed E-state index contributed by atoms with van der Waals surface area (Å²) in [7, 11) is 0. The van der Waals surface area contributed by atoms with Crippen molar-refractivity contribution < 1.29 is 19.1 Å². The summed E-state index contributed by atoms with van der Waals surface area (Å²) in [5.41, 5.74) is 6.52. The quantitative estimate of drug-likeness (QED) is 0.653. The van der Waals surface area contributed by atoms with Gasteiger partial charge in [-0.05, 0) is 54.3 Å². The standard InChI is InChI=1S/C22H27N3O4/c1-5-29-18-12-8-16(9-13-18)21(28)25-24-19(26)14-23-20(27)15-6-10-17(11-7-15)22(2,3)4/h6-13H,5,14H2,1-4H3,(H,23,27)(H,24,26)(H,25,28). The summed E-state index contributed by atoms with van der Waals surface area (Å²) in [4.78, 5) is 36.1. The molecule has 0 atom stereocenters. The number of amides is 3. The van der Waals surface area contributed by atoms with Crippen molar-refractivity contribution >= 4 is 17.7 Å². The summed E-state index contributed by atoms with van der Waals surface area (Å²) in [5.74, 6) is -0.709. The molecular formula is C22H27N3O4. The number of rotatable bonds is 6. The minimum atomic E-state index is -0.538. The maximum absolute atomic E-state index is 12.2. The van der Waals surface area contributed by atoms with Crippen LogP contribution in [0.5, 0.6) is 5.75 Å². The predicted molar refractivity (Wildman–Crippen MR) is 111 cm³/mol. The van der Waals surface area contributed by atoms with Crippen molar-refractivity contribution in [2.75, 3.05) is 13.2 Å². The lowest BCUT2D eigenvalue weighted by Gasteiger charge is -2.19. The zero-order chi connectivity index (χ0) is 21.4. The molecule has 0 heterocycles. The highest BCUT2D eigenvalue weighted by Gasteiger charge is 2.15. The second kappa shape index (κ2) is 9.73. The molecule has 0 saturated carbocycles. The molecule has 0 radical (unpaired) electrons. The fraction of sp³-hybridized carbons (Fsp3) is 0.318. The van der Waals surface area contributed by atoms with Gasteiger partial charge in [0.15, 0.2) is 0 Å². The molecule has 2 aromatic carbocycles. The molecule has 0 aliphatic rings. The van der Waals surface area contributed by atoms with E-state index in [0.29, 0.717) is 23.5 Å². The number of hydrazine groups is 1. The molecule has 0 bridgehead atoms. The number of nitrogens with one attached hydrogen (secondary N) is 3. The van der Waals surface area contributed by atoms with Gasteiger partial charge in [-0.1, -0.05) is 32.9 Å². The molecule has 0 aliphatic heterocycles. The van der Waals surface area contributed by atoms with Gasteiger partial charge >= 0.3 is 0 Å². The Balaban J connectivity index is 1.79. The first-order valence-corrected chi connectivity index (χ1v) is 9.41. The Morgan fingerprint density at radius 3 is 1.93 bits per heavy atom. The third kappa shape index (κ3) is 6.64. The van der Waals surface area contributed by atoms with Gasteiger partial charge in [0.1, 0.15) is 5.75 Å². The van der Waals surface area contributed by atoms with Crippen LogP contribution < -0.4 is 20.9 Å². The van der Waals surface area contributed by atoms with Gasteiger partial charge < -0.3 is 10.1 Å². The summed E-state index contributed by atoms with van der Waals surface area (Å²) < 4.78 is 5.31. The summed E-state index contributed by atoms with van der Waals surface area (Å²) in [6, 6.07) is 13.8. The van der Waals surface area contributed by atoms with Gasteiger partial charge in [0.05, 0.1) is 13.2 Å². The number of carbonyl (C=O) groups is 3. The number of hydrogen-bond donors (Lipinski definition) is 3. The van der Waals surface area contributed by atoms with Gasteiger partial charge in [0.25, 0.3) is 17.7 Å². The molecule has 29 heavy (non-hydrogen) atoms. The van der Waals surface area contributed by atoms with E-state index in [0.717, 1.165) is 5.56 Å². The van der Waals surface area contributed by atoms with Gasteiger partial charge in [-0.25, -0.2) is 0 Å². The number of hydrogen-bond acceptors (Lipinski definition) is 4. The smallest absolute Gasteiger partial charge is 0.269 e. The largest absolute Gasteiger partial charge is 0.494 e. The Bertz CT molecular complexity index is 853. The van der Waals surface area contributed by atoms with Crippen molar-refractivity contribution in [3.63, 3.8) is 0 Å². The fourth-order valence-corrected chi connectivity index (χ4v) is 2.50. The lowest BCUT2D eigenvalue weighted by Crippen LogP contribution is -2.46. The molecule has 2 aromatic rings. The molecule has 0 fully saturated rings. The highest BCUT2D eigenvalue weighted by molar-refractivity contribution is 5.98. The molecule has 0 aromatic heterocycles. The minimum Gasteiger partial charge on any atom is -0.494 e. The summed E-state index contributed by atoms with van der Waals surface area (Å²) >= 11 is 0. The Morgan fingerprint density at radius 2 is 1.38 bits per heavy atom. The van der Waals surface area contributed by atoms with Gasteiger partial charge in [-0.2, -0.15) is 0 Å². The van der Waals surface area contributed by atoms with Gasteiger partial charge in [-0.15, -0.1) is 0 Å². The van der Waals surface area contributed by atoms with Crippen molar-refractivity contribution in [3.05, 3.63) is 65.2 Å². The van der Waals surface area contributed by atoms with Gasteiger partial charge in [0, 0.05) is 11.1 Å². The van der Waals surface area contributed by atoms with Crippen LogP contribution in [0.3, 0.4) is 0 Å². The van der Waals surface area contributed by atoms with E-state index >= 15 is 0 Å². The van der Waals surface area contributed by atoms with Crippen LogP contribution >= 0.6 is 0 Å². The molecule has 0 unspecified atom stereocenters. The van der Waals surface area contributed by atoms with E-state index in [9.17, 15) is 14.4 Å². The van der Waals surface area contributed by atoms with Crippen molar-refractivity contribution in [2.24, 2.45) is 0 Å². The van der Waals surface area contributed by atoms with Gasteiger partial charge in [0.2, 0.25) is 0 Å². The topological polar surface area (TPSA) is 96.5 Å². The normalized spacial score (nSPS) is 10.8. The molecule has 7 nitrogen and oxygen atoms in total. The second-order valence-electron chi connectivity index (χ2n) is 7.47. The summed E-state index contributed by atoms with van der Waals surface area (Å²) in [5, 5.41) is 2.52. The Kier molecular flexibility index (Phi) is 7.36. The number of carbonyl (C=O) groups excluding carboxylic acids is 3. The SMILES string of the molecule is CCOc1ccc(C(=O)NNC(=O)CNC(=O)c2ccc(C(C)(C)C)cc2)cc1. The first-order chi connectivity index (χ1) is 13.7. The highest BCUT2D eigenvalue weighted by Crippen LogP contribution is 2.22. The number of benzene rings is 2. The maximum atomic E-state index is 12.2. The molecular weight excluding hydrogens is 370 g/mol. The Morgan fingerprint density at radius 1 is 0.828 bits per heavy atom. The zero-order valence-corrected chi connectivity index (χ0v) is 17.2. The molecule has 154 valence electrons. The van der Waals surface area contributed by atoms with E-state index in [-0.39, 0.29) is 17.9 Å². The average molecular weight is 397 g/mol. The van der Waals surface area contributed by atoms with Gasteiger partial charge in [-0.3, -0.25) is 25.2 Å². The van der Waals surface area contributed by atoms with Crippen LogP contribution in [-0.4, -0.2) is 30.9 Å². The molecule has 3 N–H and O–H groups in total. The monoisotopic (exact) mass is 397 g/mol. The van der Waals surface area contributed by atoms with Crippen LogP contribution in [0.15, 0.2) is 48.5 Å². The molecule has 3 amide bonds. The molecule has 0 spiro atoms. The second-order valence-corrected chi connectivity index (χ2v) is 7.47. The van der Waals surface area contributed by atoms with Crippen LogP contribution in [-0.2, 0) is 10.2 Å². The van der Waals surface area contributed by atoms with Crippen LogP contribution in [0, 0.1) is 0 Å². The maximum Gasteiger partial charge on any atom is 0.269 e. The Labute approximate surface area is 170 Å². The third-order valence-corrected chi connectivity index (χ3v) is 4.17. The molecule has 0 saturated heterocycles. The summed E-state index contributed by atoms with van der Waals surface area (Å²) in [6.45, 7) is 8.42. The van der Waals surface area contributed by atoms with Crippen molar-refractivity contribution in [3.8, 4) is 5.75 Å². The number of ether oxygens (including phenoxy) is 1. The van der Waals surface area contributed by atoms with Crippen LogP contribution in [0.25, 0.3) is 0 Å². The van der Waals surface area contributed by atoms with E-state index in [1.807, 2.05) is 19.1 Å². The lowest BCUT2D eigenvalue weighted by molar-refractivity contribution is -0.120. The zero-order valence-electron chi connectivity index (χ0n) is 17.2. The predicted octanol–water partition coefficient (Wildman–Crippen LogP) is 2.57. The highest BCUT2D eigenvalue weighted by atomic mass is 16.5. The Hall–Kier alpha value is -3.35. The van der Waals surface area contributed by atoms with Crippen LogP contribution in [0.2, 0.25) is 0 Å². The van der Waals surface area contributed by atoms with E-state index in [4.69, 9.17) is 4.74 Å². The molecule has 0 aliphatic carbocycles. The summed E-state index contributed by atoms with van der Waals surface area (Å²) in [6.07, 6.45) is 0. The lowest BCUT2D eigenvalue weighted by atomic mass is 9.87. The van der Waals surface area contributed by atoms with Crippen molar-refractivity contribution in [1.82, 2.24) is 16.2 Å². The van der Waals surface area contributed by atoms with E-state index < -0.39 is 11.8 Å². The fourth-order valence-electron chi connectivity index (χ4n) is 2.50. The first kappa shape index (κ1) is 21.9. The molecule has 7 heteroatoms. The minimum absolute atomic E-state index is 0.00353. The van der Waals surface area contributed by atoms with E-state index in [2.05, 4.69) is 36.9 Å². The van der Waals surface area contributed by atoms with E-state index in [1.165, 1.54) is 0 Å². The van der Waals surface area contributed by atoms with Crippen molar-refractivity contribution in [1.29, 1.82) is 0 Å². The third-order valence-electron chi connectivity index (χ3n) is 4.17. The average Bonchev–Trinajstić information content (AvgIpc) is 2.70. The van der Waals surface area contributed by atoms with Crippen molar-refractivity contribution in [2.45, 2.75) is 33.1 Å². The van der Waals surface area contributed by atoms with Crippen LogP contribution in [0.4, 0.5) is 0 Å². The van der Waals surface area contributed by atoms with Crippen LogP contribution in [0.1, 0.15) is 54.0 Å². The molecule has 2 rings (SSSR count). The van der Waals surface area contributed by atoms with E-state index in [1.54, 1.807) is 36.4 Å².